The standard InChI is InChI=1S/C12H15N/c1-2-4-10(5-3-1)11-6-12(7-11)8-13-9-12/h1-5,11,13H,6-9H2. The Hall–Kier alpha value is -0.820. The Labute approximate surface area is 79.2 Å². The van der Waals surface area contributed by atoms with Crippen LogP contribution in [-0.2, 0) is 0 Å². The SMILES string of the molecule is c1ccc(C2CC3(CNC3)C2)cc1. The first-order valence-corrected chi connectivity index (χ1v) is 5.14. The number of nitrogens with one attached hydrogen (secondary N) is 1. The Morgan fingerprint density at radius 2 is 1.77 bits per heavy atom. The van der Waals surface area contributed by atoms with Crippen molar-refractivity contribution < 1.29 is 0 Å². The maximum Gasteiger partial charge on any atom is 0.00207 e. The highest BCUT2D eigenvalue weighted by Crippen LogP contribution is 2.52. The fourth-order valence-corrected chi connectivity index (χ4v) is 2.71. The topological polar surface area (TPSA) is 12.0 Å². The molecule has 2 fully saturated rings. The van der Waals surface area contributed by atoms with E-state index in [1.165, 1.54) is 25.9 Å². The van der Waals surface area contributed by atoms with Crippen LogP contribution < -0.4 is 5.32 Å². The molecule has 0 aromatic heterocycles. The molecule has 1 spiro atoms. The summed E-state index contributed by atoms with van der Waals surface area (Å²) in [6.07, 6.45) is 2.81. The first-order valence-electron chi connectivity index (χ1n) is 5.14. The van der Waals surface area contributed by atoms with Crippen molar-refractivity contribution in [2.45, 2.75) is 18.8 Å². The second-order valence-electron chi connectivity index (χ2n) is 4.62. The van der Waals surface area contributed by atoms with Gasteiger partial charge in [-0.25, -0.2) is 0 Å². The number of hydrogen-bond acceptors (Lipinski definition) is 1. The minimum atomic E-state index is 0.709. The van der Waals surface area contributed by atoms with Crippen LogP contribution in [0.1, 0.15) is 24.3 Å². The molecule has 0 atom stereocenters. The fraction of sp³-hybridized carbons (Fsp3) is 0.500. The number of benzene rings is 1. The van der Waals surface area contributed by atoms with Crippen molar-refractivity contribution in [1.82, 2.24) is 5.32 Å². The molecule has 1 aromatic rings. The number of rotatable bonds is 1. The molecule has 68 valence electrons. The van der Waals surface area contributed by atoms with E-state index < -0.39 is 0 Å². The molecule has 0 radical (unpaired) electrons. The molecule has 1 aromatic carbocycles. The van der Waals surface area contributed by atoms with E-state index >= 15 is 0 Å². The molecule has 2 aliphatic rings. The van der Waals surface area contributed by atoms with Crippen molar-refractivity contribution in [3.05, 3.63) is 35.9 Å². The molecular weight excluding hydrogens is 158 g/mol. The van der Waals surface area contributed by atoms with Crippen LogP contribution in [0, 0.1) is 5.41 Å². The Morgan fingerprint density at radius 3 is 2.31 bits per heavy atom. The van der Waals surface area contributed by atoms with E-state index in [4.69, 9.17) is 0 Å². The summed E-state index contributed by atoms with van der Waals surface area (Å²) >= 11 is 0. The summed E-state index contributed by atoms with van der Waals surface area (Å²) in [5.41, 5.74) is 2.25. The van der Waals surface area contributed by atoms with Gasteiger partial charge in [0.1, 0.15) is 0 Å². The van der Waals surface area contributed by atoms with E-state index in [1.807, 2.05) is 0 Å². The zero-order chi connectivity index (χ0) is 8.73. The predicted molar refractivity (Wildman–Crippen MR) is 53.7 cm³/mol. The third-order valence-electron chi connectivity index (χ3n) is 3.63. The highest BCUT2D eigenvalue weighted by atomic mass is 15.0. The summed E-state index contributed by atoms with van der Waals surface area (Å²) in [5, 5.41) is 3.38. The Kier molecular flexibility index (Phi) is 1.50. The van der Waals surface area contributed by atoms with Gasteiger partial charge in [0.15, 0.2) is 0 Å². The van der Waals surface area contributed by atoms with Crippen LogP contribution in [0.5, 0.6) is 0 Å². The lowest BCUT2D eigenvalue weighted by molar-refractivity contribution is 0.0363. The van der Waals surface area contributed by atoms with Gasteiger partial charge in [-0.15, -0.1) is 0 Å². The minimum absolute atomic E-state index is 0.709. The summed E-state index contributed by atoms with van der Waals surface area (Å²) in [6.45, 7) is 2.52. The lowest BCUT2D eigenvalue weighted by atomic mass is 9.57. The van der Waals surface area contributed by atoms with E-state index in [9.17, 15) is 0 Å². The molecular formula is C12H15N. The summed E-state index contributed by atoms with van der Waals surface area (Å²) in [4.78, 5) is 0. The van der Waals surface area contributed by atoms with Crippen LogP contribution >= 0.6 is 0 Å². The molecule has 1 N–H and O–H groups in total. The Morgan fingerprint density at radius 1 is 1.08 bits per heavy atom. The molecule has 13 heavy (non-hydrogen) atoms. The molecule has 1 aliphatic heterocycles. The maximum atomic E-state index is 3.38. The van der Waals surface area contributed by atoms with Crippen molar-refractivity contribution in [2.24, 2.45) is 5.41 Å². The molecule has 1 nitrogen and oxygen atoms in total. The molecule has 1 heterocycles. The fourth-order valence-electron chi connectivity index (χ4n) is 2.71. The molecule has 0 amide bonds. The van der Waals surface area contributed by atoms with Gasteiger partial charge in [0.25, 0.3) is 0 Å². The Balaban J connectivity index is 1.71. The van der Waals surface area contributed by atoms with Gasteiger partial charge in [0.05, 0.1) is 0 Å². The van der Waals surface area contributed by atoms with Crippen LogP contribution in [0.2, 0.25) is 0 Å². The van der Waals surface area contributed by atoms with E-state index in [2.05, 4.69) is 35.6 Å². The van der Waals surface area contributed by atoms with Crippen molar-refractivity contribution in [3.8, 4) is 0 Å². The first kappa shape index (κ1) is 7.57. The minimum Gasteiger partial charge on any atom is -0.316 e. The highest BCUT2D eigenvalue weighted by molar-refractivity contribution is 5.25. The average Bonchev–Trinajstić information content (AvgIpc) is 2.01. The molecule has 3 rings (SSSR count). The monoisotopic (exact) mass is 173 g/mol. The molecule has 1 aliphatic carbocycles. The van der Waals surface area contributed by atoms with Gasteiger partial charge in [-0.05, 0) is 29.7 Å². The van der Waals surface area contributed by atoms with Gasteiger partial charge in [-0.1, -0.05) is 30.3 Å². The summed E-state index contributed by atoms with van der Waals surface area (Å²) < 4.78 is 0. The van der Waals surface area contributed by atoms with E-state index in [1.54, 1.807) is 5.56 Å². The van der Waals surface area contributed by atoms with Crippen LogP contribution in [-0.4, -0.2) is 13.1 Å². The van der Waals surface area contributed by atoms with Crippen molar-refractivity contribution in [1.29, 1.82) is 0 Å². The average molecular weight is 173 g/mol. The van der Waals surface area contributed by atoms with Gasteiger partial charge >= 0.3 is 0 Å². The zero-order valence-corrected chi connectivity index (χ0v) is 7.79. The summed E-state index contributed by atoms with van der Waals surface area (Å²) in [7, 11) is 0. The summed E-state index contributed by atoms with van der Waals surface area (Å²) in [6, 6.07) is 10.9. The molecule has 1 saturated carbocycles. The second-order valence-corrected chi connectivity index (χ2v) is 4.62. The van der Waals surface area contributed by atoms with Gasteiger partial charge in [0, 0.05) is 13.1 Å². The lowest BCUT2D eigenvalue weighted by Crippen LogP contribution is -2.59. The molecule has 0 unspecified atom stereocenters. The largest absolute Gasteiger partial charge is 0.316 e. The van der Waals surface area contributed by atoms with Crippen LogP contribution in [0.25, 0.3) is 0 Å². The Bertz CT molecular complexity index is 292. The summed E-state index contributed by atoms with van der Waals surface area (Å²) in [5.74, 6) is 0.850. The number of hydrogen-bond donors (Lipinski definition) is 1. The molecule has 0 bridgehead atoms. The lowest BCUT2D eigenvalue weighted by Gasteiger charge is -2.54. The van der Waals surface area contributed by atoms with E-state index in [-0.39, 0.29) is 0 Å². The first-order chi connectivity index (χ1) is 6.38. The molecule has 1 saturated heterocycles. The third-order valence-corrected chi connectivity index (χ3v) is 3.63. The van der Waals surface area contributed by atoms with E-state index in [0.29, 0.717) is 5.41 Å². The van der Waals surface area contributed by atoms with Crippen molar-refractivity contribution in [3.63, 3.8) is 0 Å². The predicted octanol–water partition coefficient (Wildman–Crippen LogP) is 2.15. The highest BCUT2D eigenvalue weighted by Gasteiger charge is 2.48. The van der Waals surface area contributed by atoms with Crippen LogP contribution in [0.3, 0.4) is 0 Å². The van der Waals surface area contributed by atoms with E-state index in [0.717, 1.165) is 5.92 Å². The third kappa shape index (κ3) is 1.11. The maximum absolute atomic E-state index is 3.38. The second kappa shape index (κ2) is 2.58. The normalized spacial score (nSPS) is 25.2. The molecule has 1 heteroatoms. The van der Waals surface area contributed by atoms with Crippen LogP contribution in [0.15, 0.2) is 30.3 Å². The zero-order valence-electron chi connectivity index (χ0n) is 7.79. The van der Waals surface area contributed by atoms with Gasteiger partial charge in [0.2, 0.25) is 0 Å². The quantitative estimate of drug-likeness (QED) is 0.686. The van der Waals surface area contributed by atoms with Crippen molar-refractivity contribution >= 4 is 0 Å². The smallest absolute Gasteiger partial charge is 0.00207 e. The van der Waals surface area contributed by atoms with Gasteiger partial charge in [-0.3, -0.25) is 0 Å². The van der Waals surface area contributed by atoms with Gasteiger partial charge in [-0.2, -0.15) is 0 Å². The van der Waals surface area contributed by atoms with Gasteiger partial charge < -0.3 is 5.32 Å². The van der Waals surface area contributed by atoms with Crippen molar-refractivity contribution in [2.75, 3.05) is 13.1 Å². The van der Waals surface area contributed by atoms with Crippen LogP contribution in [0.4, 0.5) is 0 Å².